The van der Waals surface area contributed by atoms with E-state index in [1.54, 1.807) is 12.1 Å². The van der Waals surface area contributed by atoms with Crippen LogP contribution < -0.4 is 0 Å². The molecule has 2 heterocycles. The lowest BCUT2D eigenvalue weighted by molar-refractivity contribution is 0.509. The summed E-state index contributed by atoms with van der Waals surface area (Å²) in [7, 11) is -2.86. The molecular weight excluding hydrogens is 455 g/mol. The molecule has 4 nitrogen and oxygen atoms in total. The van der Waals surface area contributed by atoms with Crippen molar-refractivity contribution in [3.8, 4) is 21.7 Å². The fourth-order valence-corrected chi connectivity index (χ4v) is 5.30. The normalized spacial score (nSPS) is 13.0. The number of hydrogen-bond donors (Lipinski definition) is 0. The molecule has 4 rings (SSSR count). The van der Waals surface area contributed by atoms with Gasteiger partial charge < -0.3 is 0 Å². The Bertz CT molecular complexity index is 1410. The molecule has 32 heavy (non-hydrogen) atoms. The first-order valence-corrected chi connectivity index (χ1v) is 12.4. The Morgan fingerprint density at radius 3 is 2.41 bits per heavy atom. The smallest absolute Gasteiger partial charge is 0.162 e. The molecule has 0 aliphatic carbocycles. The maximum atomic E-state index is 13.8. The van der Waals surface area contributed by atoms with E-state index in [9.17, 15) is 17.4 Å². The number of pyridine rings is 1. The molecule has 2 aromatic heterocycles. The van der Waals surface area contributed by atoms with Crippen LogP contribution in [0, 0.1) is 17.5 Å². The van der Waals surface area contributed by atoms with E-state index in [-0.39, 0.29) is 5.82 Å². The minimum absolute atomic E-state index is 0.238. The van der Waals surface area contributed by atoms with Crippen molar-refractivity contribution in [2.45, 2.75) is 18.2 Å². The van der Waals surface area contributed by atoms with E-state index in [2.05, 4.69) is 14.3 Å². The van der Waals surface area contributed by atoms with E-state index in [1.807, 2.05) is 6.92 Å². The molecule has 0 saturated heterocycles. The van der Waals surface area contributed by atoms with E-state index in [4.69, 9.17) is 0 Å². The highest BCUT2D eigenvalue weighted by molar-refractivity contribution is 7.93. The van der Waals surface area contributed by atoms with Gasteiger partial charge >= 0.3 is 0 Å². The van der Waals surface area contributed by atoms with Crippen molar-refractivity contribution in [3.63, 3.8) is 0 Å². The van der Waals surface area contributed by atoms with Crippen LogP contribution in [-0.2, 0) is 16.1 Å². The first-order chi connectivity index (χ1) is 15.3. The Morgan fingerprint density at radius 1 is 0.969 bits per heavy atom. The number of aryl methyl sites for hydroxylation is 1. The lowest BCUT2D eigenvalue weighted by Gasteiger charge is -2.06. The summed E-state index contributed by atoms with van der Waals surface area (Å²) < 4.78 is 57.9. The predicted molar refractivity (Wildman–Crippen MR) is 121 cm³/mol. The highest BCUT2D eigenvalue weighted by Crippen LogP contribution is 2.38. The summed E-state index contributed by atoms with van der Waals surface area (Å²) >= 11 is 1.43. The Balaban J connectivity index is 1.80. The number of aromatic nitrogens is 2. The summed E-state index contributed by atoms with van der Waals surface area (Å²) in [6, 6.07) is 12.4. The van der Waals surface area contributed by atoms with Crippen LogP contribution in [0.15, 0.2) is 70.1 Å². The van der Waals surface area contributed by atoms with Crippen molar-refractivity contribution < 1.29 is 17.4 Å². The molecule has 1 unspecified atom stereocenters. The molecule has 4 aromatic rings. The molecule has 0 spiro atoms. The summed E-state index contributed by atoms with van der Waals surface area (Å²) in [6.45, 7) is 1.96. The molecule has 0 saturated carbocycles. The van der Waals surface area contributed by atoms with Gasteiger partial charge in [0.25, 0.3) is 0 Å². The van der Waals surface area contributed by atoms with Crippen LogP contribution in [0.1, 0.15) is 11.9 Å². The Morgan fingerprint density at radius 2 is 1.72 bits per heavy atom. The summed E-state index contributed by atoms with van der Waals surface area (Å²) in [6.07, 6.45) is 3.68. The lowest BCUT2D eigenvalue weighted by Crippen LogP contribution is -1.97. The van der Waals surface area contributed by atoms with Crippen molar-refractivity contribution in [2.24, 2.45) is 4.36 Å². The zero-order chi connectivity index (χ0) is 22.9. The molecule has 0 bridgehead atoms. The molecule has 9 heteroatoms. The van der Waals surface area contributed by atoms with Gasteiger partial charge in [0.15, 0.2) is 17.5 Å². The van der Waals surface area contributed by atoms with Crippen LogP contribution in [0.5, 0.6) is 0 Å². The number of benzene rings is 2. The summed E-state index contributed by atoms with van der Waals surface area (Å²) in [4.78, 5) is 9.93. The van der Waals surface area contributed by atoms with Crippen molar-refractivity contribution in [3.05, 3.63) is 83.3 Å². The van der Waals surface area contributed by atoms with Gasteiger partial charge in [-0.1, -0.05) is 6.92 Å². The standard InChI is InChI=1S/C23H18F3N3OS2/c1-3-21-28-22(14-4-9-18(25)19(26)12-14)23(31-21)15-10-11-27-20(13-15)29-32(2,30)17-7-5-16(24)6-8-17/h4-13H,3H2,1-2H3. The first-order valence-electron chi connectivity index (χ1n) is 9.66. The zero-order valence-corrected chi connectivity index (χ0v) is 18.8. The molecule has 0 aliphatic heterocycles. The molecule has 1 atom stereocenters. The molecule has 0 fully saturated rings. The number of rotatable bonds is 5. The van der Waals surface area contributed by atoms with Gasteiger partial charge in [0.2, 0.25) is 0 Å². The second-order valence-corrected chi connectivity index (χ2v) is 10.4. The van der Waals surface area contributed by atoms with Crippen LogP contribution in [0.4, 0.5) is 19.0 Å². The van der Waals surface area contributed by atoms with E-state index in [0.29, 0.717) is 28.1 Å². The van der Waals surface area contributed by atoms with Crippen molar-refractivity contribution in [2.75, 3.05) is 6.26 Å². The van der Waals surface area contributed by atoms with Crippen LogP contribution in [0.25, 0.3) is 21.7 Å². The van der Waals surface area contributed by atoms with Crippen molar-refractivity contribution >= 4 is 26.9 Å². The van der Waals surface area contributed by atoms with Crippen LogP contribution in [-0.4, -0.2) is 20.4 Å². The van der Waals surface area contributed by atoms with E-state index in [0.717, 1.165) is 22.0 Å². The fourth-order valence-electron chi connectivity index (χ4n) is 3.08. The highest BCUT2D eigenvalue weighted by atomic mass is 32.2. The average molecular weight is 474 g/mol. The van der Waals surface area contributed by atoms with Crippen LogP contribution in [0.2, 0.25) is 0 Å². The summed E-state index contributed by atoms with van der Waals surface area (Å²) in [5.41, 5.74) is 1.69. The van der Waals surface area contributed by atoms with E-state index >= 15 is 0 Å². The third-order valence-corrected chi connectivity index (χ3v) is 7.62. The minimum Gasteiger partial charge on any atom is -0.245 e. The number of nitrogens with zero attached hydrogens (tertiary/aromatic N) is 3. The van der Waals surface area contributed by atoms with Gasteiger partial charge in [-0.15, -0.1) is 11.3 Å². The number of halogens is 3. The topological polar surface area (TPSA) is 55.2 Å². The SMILES string of the molecule is CCc1nc(-c2ccc(F)c(F)c2)c(-c2ccnc(N=S(C)(=O)c3ccc(F)cc3)c2)s1. The monoisotopic (exact) mass is 473 g/mol. The Hall–Kier alpha value is -3.04. The van der Waals surface area contributed by atoms with Crippen LogP contribution in [0.3, 0.4) is 0 Å². The third-order valence-electron chi connectivity index (χ3n) is 4.69. The second-order valence-electron chi connectivity index (χ2n) is 7.02. The van der Waals surface area contributed by atoms with Gasteiger partial charge in [0.1, 0.15) is 5.82 Å². The Kier molecular flexibility index (Phi) is 6.12. The van der Waals surface area contributed by atoms with E-state index in [1.165, 1.54) is 54.1 Å². The largest absolute Gasteiger partial charge is 0.245 e. The molecule has 0 aliphatic rings. The van der Waals surface area contributed by atoms with Crippen molar-refractivity contribution in [1.82, 2.24) is 9.97 Å². The van der Waals surface area contributed by atoms with Gasteiger partial charge in [-0.3, -0.25) is 0 Å². The van der Waals surface area contributed by atoms with Gasteiger partial charge in [-0.25, -0.2) is 27.3 Å². The first kappa shape index (κ1) is 22.2. The number of thiazole rings is 1. The van der Waals surface area contributed by atoms with Crippen LogP contribution >= 0.6 is 11.3 Å². The highest BCUT2D eigenvalue weighted by Gasteiger charge is 2.17. The summed E-state index contributed by atoms with van der Waals surface area (Å²) in [5.74, 6) is -2.06. The molecule has 164 valence electrons. The molecule has 2 aromatic carbocycles. The second kappa shape index (κ2) is 8.84. The fraction of sp³-hybridized carbons (Fsp3) is 0.130. The van der Waals surface area contributed by atoms with Gasteiger partial charge in [0.05, 0.1) is 25.3 Å². The minimum atomic E-state index is -2.86. The molecule has 0 amide bonds. The molecule has 0 radical (unpaired) electrons. The number of hydrogen-bond acceptors (Lipinski definition) is 5. The quantitative estimate of drug-likeness (QED) is 0.326. The maximum Gasteiger partial charge on any atom is 0.162 e. The van der Waals surface area contributed by atoms with Gasteiger partial charge in [-0.05, 0) is 66.6 Å². The Labute approximate surface area is 188 Å². The van der Waals surface area contributed by atoms with E-state index < -0.39 is 27.2 Å². The molecular formula is C23H18F3N3OS2. The zero-order valence-electron chi connectivity index (χ0n) is 17.2. The third kappa shape index (κ3) is 4.58. The average Bonchev–Trinajstić information content (AvgIpc) is 3.20. The maximum absolute atomic E-state index is 13.8. The van der Waals surface area contributed by atoms with Crippen molar-refractivity contribution in [1.29, 1.82) is 0 Å². The summed E-state index contributed by atoms with van der Waals surface area (Å²) in [5, 5.41) is 0.834. The van der Waals surface area contributed by atoms with Gasteiger partial charge in [-0.2, -0.15) is 4.36 Å². The lowest BCUT2D eigenvalue weighted by atomic mass is 10.1. The molecule has 0 N–H and O–H groups in total. The predicted octanol–water partition coefficient (Wildman–Crippen LogP) is 6.64. The van der Waals surface area contributed by atoms with Gasteiger partial charge in [0, 0.05) is 22.9 Å².